The first-order valence-corrected chi connectivity index (χ1v) is 8.00. The Morgan fingerprint density at radius 1 is 1.17 bits per heavy atom. The fourth-order valence-electron chi connectivity index (χ4n) is 2.36. The van der Waals surface area contributed by atoms with E-state index in [0.717, 1.165) is 11.1 Å². The van der Waals surface area contributed by atoms with Gasteiger partial charge in [-0.15, -0.1) is 0 Å². The number of carbonyl (C=O) groups is 1. The van der Waals surface area contributed by atoms with Crippen molar-refractivity contribution in [3.8, 4) is 0 Å². The third kappa shape index (κ3) is 5.23. The third-order valence-electron chi connectivity index (χ3n) is 3.64. The maximum Gasteiger partial charge on any atom is 0.315 e. The van der Waals surface area contributed by atoms with Crippen LogP contribution < -0.4 is 10.6 Å². The zero-order valence-corrected chi connectivity index (χ0v) is 14.2. The van der Waals surface area contributed by atoms with Crippen LogP contribution >= 0.6 is 11.6 Å². The van der Waals surface area contributed by atoms with E-state index in [-0.39, 0.29) is 25.3 Å². The number of nitrogens with one attached hydrogen (secondary N) is 2. The highest BCUT2D eigenvalue weighted by Gasteiger charge is 2.16. The van der Waals surface area contributed by atoms with Crippen molar-refractivity contribution in [1.82, 2.24) is 10.6 Å². The smallest absolute Gasteiger partial charge is 0.315 e. The van der Waals surface area contributed by atoms with Gasteiger partial charge in [-0.1, -0.05) is 54.1 Å². The minimum Gasteiger partial charge on any atom is -0.394 e. The van der Waals surface area contributed by atoms with Gasteiger partial charge in [0.1, 0.15) is 0 Å². The molecule has 0 spiro atoms. The first-order chi connectivity index (χ1) is 11.6. The molecular weight excluding hydrogens is 328 g/mol. The minimum absolute atomic E-state index is 0.181. The van der Waals surface area contributed by atoms with Crippen LogP contribution in [0.25, 0.3) is 0 Å². The van der Waals surface area contributed by atoms with Crippen LogP contribution in [0.3, 0.4) is 0 Å². The lowest BCUT2D eigenvalue weighted by atomic mass is 10.1. The standard InChI is InChI=1S/C18H21ClN2O3/c1-24-17(14-8-5-9-15(19)10-14)11-20-18(23)21-16(12-22)13-6-3-2-4-7-13/h2-10,16-17,22H,11-12H2,1H3,(H2,20,21,23). The third-order valence-corrected chi connectivity index (χ3v) is 3.88. The molecule has 0 saturated carbocycles. The van der Waals surface area contributed by atoms with Crippen molar-refractivity contribution in [3.63, 3.8) is 0 Å². The second-order valence-electron chi connectivity index (χ2n) is 5.28. The van der Waals surface area contributed by atoms with Crippen LogP contribution in [0.5, 0.6) is 0 Å². The van der Waals surface area contributed by atoms with Crippen LogP contribution in [0.1, 0.15) is 23.3 Å². The fraction of sp³-hybridized carbons (Fsp3) is 0.278. The Morgan fingerprint density at radius 2 is 1.88 bits per heavy atom. The molecule has 0 saturated heterocycles. The van der Waals surface area contributed by atoms with Gasteiger partial charge in [0.05, 0.1) is 18.8 Å². The Balaban J connectivity index is 1.91. The van der Waals surface area contributed by atoms with Crippen molar-refractivity contribution in [2.24, 2.45) is 0 Å². The van der Waals surface area contributed by atoms with Gasteiger partial charge in [0.15, 0.2) is 0 Å². The molecule has 2 unspecified atom stereocenters. The summed E-state index contributed by atoms with van der Waals surface area (Å²) in [6, 6.07) is 15.8. The molecule has 2 rings (SSSR count). The molecule has 0 fully saturated rings. The van der Waals surface area contributed by atoms with Gasteiger partial charge in [-0.05, 0) is 23.3 Å². The van der Waals surface area contributed by atoms with Gasteiger partial charge in [-0.2, -0.15) is 0 Å². The molecule has 128 valence electrons. The van der Waals surface area contributed by atoms with Gasteiger partial charge in [0, 0.05) is 18.7 Å². The fourth-order valence-corrected chi connectivity index (χ4v) is 2.56. The van der Waals surface area contributed by atoms with Crippen LogP contribution in [0.15, 0.2) is 54.6 Å². The molecular formula is C18H21ClN2O3. The summed E-state index contributed by atoms with van der Waals surface area (Å²) in [5, 5.41) is 15.6. The number of methoxy groups -OCH3 is 1. The van der Waals surface area contributed by atoms with Gasteiger partial charge in [0.2, 0.25) is 0 Å². The lowest BCUT2D eigenvalue weighted by Gasteiger charge is -2.20. The summed E-state index contributed by atoms with van der Waals surface area (Å²) >= 11 is 5.98. The zero-order valence-electron chi connectivity index (χ0n) is 13.4. The van der Waals surface area contributed by atoms with Gasteiger partial charge >= 0.3 is 6.03 Å². The number of aliphatic hydroxyl groups is 1. The summed E-state index contributed by atoms with van der Waals surface area (Å²) in [6.07, 6.45) is -0.307. The Hall–Kier alpha value is -2.08. The van der Waals surface area contributed by atoms with Crippen LogP contribution in [-0.2, 0) is 4.74 Å². The van der Waals surface area contributed by atoms with Gasteiger partial charge in [-0.25, -0.2) is 4.79 Å². The number of amides is 2. The predicted octanol–water partition coefficient (Wildman–Crippen LogP) is 3.06. The molecule has 0 radical (unpaired) electrons. The van der Waals surface area contributed by atoms with Gasteiger partial charge in [-0.3, -0.25) is 0 Å². The second kappa shape index (κ2) is 9.27. The number of urea groups is 1. The van der Waals surface area contributed by atoms with E-state index >= 15 is 0 Å². The number of rotatable bonds is 7. The van der Waals surface area contributed by atoms with Crippen molar-refractivity contribution in [2.45, 2.75) is 12.1 Å². The molecule has 6 heteroatoms. The van der Waals surface area contributed by atoms with Crippen LogP contribution in [-0.4, -0.2) is 31.4 Å². The highest BCUT2D eigenvalue weighted by molar-refractivity contribution is 6.30. The van der Waals surface area contributed by atoms with Crippen LogP contribution in [0, 0.1) is 0 Å². The van der Waals surface area contributed by atoms with E-state index in [1.807, 2.05) is 42.5 Å². The van der Waals surface area contributed by atoms with E-state index < -0.39 is 6.04 Å². The zero-order chi connectivity index (χ0) is 17.4. The number of ether oxygens (including phenoxy) is 1. The Labute approximate surface area is 146 Å². The monoisotopic (exact) mass is 348 g/mol. The largest absolute Gasteiger partial charge is 0.394 e. The Bertz CT molecular complexity index is 652. The van der Waals surface area contributed by atoms with E-state index in [1.54, 1.807) is 19.2 Å². The first-order valence-electron chi connectivity index (χ1n) is 7.62. The van der Waals surface area contributed by atoms with Crippen molar-refractivity contribution >= 4 is 17.6 Å². The van der Waals surface area contributed by atoms with Crippen molar-refractivity contribution in [2.75, 3.05) is 20.3 Å². The van der Waals surface area contributed by atoms with E-state index in [2.05, 4.69) is 10.6 Å². The number of carbonyl (C=O) groups excluding carboxylic acids is 1. The predicted molar refractivity (Wildman–Crippen MR) is 94.0 cm³/mol. The highest BCUT2D eigenvalue weighted by atomic mass is 35.5. The molecule has 2 atom stereocenters. The summed E-state index contributed by atoms with van der Waals surface area (Å²) in [5.74, 6) is 0. The molecule has 2 aromatic rings. The summed E-state index contributed by atoms with van der Waals surface area (Å²) in [4.78, 5) is 12.1. The number of benzene rings is 2. The van der Waals surface area contributed by atoms with Crippen LogP contribution in [0.4, 0.5) is 4.79 Å². The molecule has 2 amide bonds. The maximum atomic E-state index is 12.1. The SMILES string of the molecule is COC(CNC(=O)NC(CO)c1ccccc1)c1cccc(Cl)c1. The second-order valence-corrected chi connectivity index (χ2v) is 5.72. The number of hydrogen-bond acceptors (Lipinski definition) is 3. The molecule has 5 nitrogen and oxygen atoms in total. The quantitative estimate of drug-likeness (QED) is 0.720. The molecule has 0 aliphatic rings. The van der Waals surface area contributed by atoms with Crippen LogP contribution in [0.2, 0.25) is 5.02 Å². The number of hydrogen-bond donors (Lipinski definition) is 3. The lowest BCUT2D eigenvalue weighted by Crippen LogP contribution is -2.41. The molecule has 0 aliphatic carbocycles. The molecule has 0 heterocycles. The Kier molecular flexibility index (Phi) is 7.06. The Morgan fingerprint density at radius 3 is 2.50 bits per heavy atom. The molecule has 3 N–H and O–H groups in total. The minimum atomic E-state index is -0.460. The number of halogens is 1. The summed E-state index contributed by atoms with van der Waals surface area (Å²) in [7, 11) is 1.58. The molecule has 0 bridgehead atoms. The lowest BCUT2D eigenvalue weighted by molar-refractivity contribution is 0.103. The summed E-state index contributed by atoms with van der Waals surface area (Å²) < 4.78 is 5.41. The van der Waals surface area contributed by atoms with Gasteiger partial charge in [0.25, 0.3) is 0 Å². The molecule has 0 aromatic heterocycles. The normalized spacial score (nSPS) is 13.1. The summed E-state index contributed by atoms with van der Waals surface area (Å²) in [6.45, 7) is 0.106. The van der Waals surface area contributed by atoms with E-state index in [9.17, 15) is 9.90 Å². The highest BCUT2D eigenvalue weighted by Crippen LogP contribution is 2.19. The first kappa shape index (κ1) is 18.3. The van der Waals surface area contributed by atoms with E-state index in [1.165, 1.54) is 0 Å². The number of aliphatic hydroxyl groups excluding tert-OH is 1. The van der Waals surface area contributed by atoms with Crippen molar-refractivity contribution in [1.29, 1.82) is 0 Å². The molecule has 2 aromatic carbocycles. The van der Waals surface area contributed by atoms with E-state index in [0.29, 0.717) is 5.02 Å². The van der Waals surface area contributed by atoms with Crippen molar-refractivity contribution in [3.05, 3.63) is 70.7 Å². The van der Waals surface area contributed by atoms with Crippen molar-refractivity contribution < 1.29 is 14.6 Å². The molecule has 0 aliphatic heterocycles. The average Bonchev–Trinajstić information content (AvgIpc) is 2.61. The van der Waals surface area contributed by atoms with Gasteiger partial charge < -0.3 is 20.5 Å². The topological polar surface area (TPSA) is 70.6 Å². The van der Waals surface area contributed by atoms with E-state index in [4.69, 9.17) is 16.3 Å². The summed E-state index contributed by atoms with van der Waals surface area (Å²) in [5.41, 5.74) is 1.72. The molecule has 24 heavy (non-hydrogen) atoms. The maximum absolute atomic E-state index is 12.1. The average molecular weight is 349 g/mol.